The van der Waals surface area contributed by atoms with E-state index in [1.807, 2.05) is 7.05 Å². The third-order valence-electron chi connectivity index (χ3n) is 3.15. The summed E-state index contributed by atoms with van der Waals surface area (Å²) in [5.74, 6) is 2.88. The number of anilines is 1. The van der Waals surface area contributed by atoms with Crippen LogP contribution in [0.3, 0.4) is 0 Å². The molecule has 1 N–H and O–H groups in total. The van der Waals surface area contributed by atoms with Crippen molar-refractivity contribution in [2.24, 2.45) is 7.05 Å². The van der Waals surface area contributed by atoms with E-state index in [1.165, 1.54) is 0 Å². The summed E-state index contributed by atoms with van der Waals surface area (Å²) in [5, 5.41) is 7.30. The van der Waals surface area contributed by atoms with Gasteiger partial charge in [0.2, 0.25) is 0 Å². The fourth-order valence-corrected chi connectivity index (χ4v) is 3.17. The number of methoxy groups -OCH3 is 1. The lowest BCUT2D eigenvalue weighted by Gasteiger charge is -2.07. The molecule has 0 spiro atoms. The molecule has 6 nitrogen and oxygen atoms in total. The summed E-state index contributed by atoms with van der Waals surface area (Å²) in [6.45, 7) is 0. The quantitative estimate of drug-likeness (QED) is 0.934. The van der Waals surface area contributed by atoms with Gasteiger partial charge in [0.05, 0.1) is 12.8 Å². The maximum Gasteiger partial charge on any atom is 0.275 e. The van der Waals surface area contributed by atoms with Gasteiger partial charge in [0.15, 0.2) is 0 Å². The zero-order valence-electron chi connectivity index (χ0n) is 11.2. The summed E-state index contributed by atoms with van der Waals surface area (Å²) in [7, 11) is 3.39. The molecule has 0 saturated carbocycles. The predicted molar refractivity (Wildman–Crippen MR) is 76.9 cm³/mol. The van der Waals surface area contributed by atoms with Crippen molar-refractivity contribution in [1.29, 1.82) is 0 Å². The summed E-state index contributed by atoms with van der Waals surface area (Å²) < 4.78 is 6.81. The molecule has 0 aromatic carbocycles. The van der Waals surface area contributed by atoms with Gasteiger partial charge in [0, 0.05) is 36.4 Å². The number of amides is 1. The molecule has 2 aromatic rings. The summed E-state index contributed by atoms with van der Waals surface area (Å²) in [6.07, 6.45) is 1.55. The van der Waals surface area contributed by atoms with E-state index in [-0.39, 0.29) is 5.91 Å². The van der Waals surface area contributed by atoms with Gasteiger partial charge in [-0.3, -0.25) is 14.5 Å². The van der Waals surface area contributed by atoms with Crippen LogP contribution in [-0.4, -0.2) is 27.8 Å². The molecular weight excluding hydrogens is 276 g/mol. The fourth-order valence-electron chi connectivity index (χ4n) is 2.13. The highest BCUT2D eigenvalue weighted by molar-refractivity contribution is 7.98. The van der Waals surface area contributed by atoms with E-state index in [0.29, 0.717) is 11.4 Å². The molecule has 0 fully saturated rings. The van der Waals surface area contributed by atoms with E-state index in [4.69, 9.17) is 4.74 Å². The van der Waals surface area contributed by atoms with Gasteiger partial charge in [-0.1, -0.05) is 0 Å². The molecule has 0 unspecified atom stereocenters. The Morgan fingerprint density at radius 2 is 2.35 bits per heavy atom. The Labute approximate surface area is 120 Å². The van der Waals surface area contributed by atoms with Crippen LogP contribution in [0.4, 0.5) is 5.82 Å². The van der Waals surface area contributed by atoms with Crippen LogP contribution in [0, 0.1) is 0 Å². The second-order valence-corrected chi connectivity index (χ2v) is 5.41. The average Bonchev–Trinajstić information content (AvgIpc) is 3.02. The number of pyridine rings is 1. The van der Waals surface area contributed by atoms with E-state index < -0.39 is 0 Å². The number of ether oxygens (including phenoxy) is 1. The third kappa shape index (κ3) is 2.24. The molecule has 0 atom stereocenters. The number of nitrogens with one attached hydrogen (secondary N) is 1. The number of rotatable bonds is 3. The zero-order chi connectivity index (χ0) is 14.1. The predicted octanol–water partition coefficient (Wildman–Crippen LogP) is 1.82. The van der Waals surface area contributed by atoms with Gasteiger partial charge in [-0.15, -0.1) is 0 Å². The lowest BCUT2D eigenvalue weighted by molar-refractivity contribution is 0.102. The number of fused-ring (bicyclic) bond motifs is 1. The van der Waals surface area contributed by atoms with Crippen molar-refractivity contribution in [3.63, 3.8) is 0 Å². The number of carbonyl (C=O) groups excluding carboxylic acids is 1. The molecule has 0 aliphatic carbocycles. The van der Waals surface area contributed by atoms with Gasteiger partial charge >= 0.3 is 0 Å². The number of carbonyl (C=O) groups is 1. The number of aromatic nitrogens is 3. The Bertz CT molecular complexity index is 668. The first kappa shape index (κ1) is 13.0. The largest absolute Gasteiger partial charge is 0.497 e. The standard InChI is InChI=1S/C13H14N4O2S/c1-17-12(9-6-20-7-11(9)16-17)15-13(18)10-5-8(19-2)3-4-14-10/h3-5H,6-7H2,1-2H3,(H,15,18). The second kappa shape index (κ2) is 5.16. The summed E-state index contributed by atoms with van der Waals surface area (Å²) >= 11 is 1.80. The Hall–Kier alpha value is -2.02. The zero-order valence-corrected chi connectivity index (χ0v) is 12.0. The van der Waals surface area contributed by atoms with Crippen LogP contribution in [0.5, 0.6) is 5.75 Å². The molecule has 1 amide bonds. The van der Waals surface area contributed by atoms with Gasteiger partial charge in [-0.05, 0) is 6.07 Å². The van der Waals surface area contributed by atoms with E-state index in [2.05, 4.69) is 15.4 Å². The van der Waals surface area contributed by atoms with Crippen LogP contribution in [0.15, 0.2) is 18.3 Å². The van der Waals surface area contributed by atoms with Crippen LogP contribution >= 0.6 is 11.8 Å². The molecule has 0 radical (unpaired) electrons. The van der Waals surface area contributed by atoms with Crippen molar-refractivity contribution >= 4 is 23.5 Å². The molecular formula is C13H14N4O2S. The smallest absolute Gasteiger partial charge is 0.275 e. The topological polar surface area (TPSA) is 69.0 Å². The number of nitrogens with zero attached hydrogens (tertiary/aromatic N) is 3. The van der Waals surface area contributed by atoms with Gasteiger partial charge in [-0.25, -0.2) is 0 Å². The highest BCUT2D eigenvalue weighted by Crippen LogP contribution is 2.34. The molecule has 3 heterocycles. The number of hydrogen-bond acceptors (Lipinski definition) is 5. The Kier molecular flexibility index (Phi) is 3.35. The summed E-state index contributed by atoms with van der Waals surface area (Å²) in [5.41, 5.74) is 2.48. The van der Waals surface area contributed by atoms with Crippen LogP contribution < -0.4 is 10.1 Å². The van der Waals surface area contributed by atoms with Crippen molar-refractivity contribution in [1.82, 2.24) is 14.8 Å². The number of thioether (sulfide) groups is 1. The molecule has 104 valence electrons. The van der Waals surface area contributed by atoms with Crippen LogP contribution in [0.1, 0.15) is 21.7 Å². The van der Waals surface area contributed by atoms with E-state index in [1.54, 1.807) is 41.9 Å². The first-order chi connectivity index (χ1) is 9.69. The summed E-state index contributed by atoms with van der Waals surface area (Å²) in [6, 6.07) is 3.32. The second-order valence-electron chi connectivity index (χ2n) is 4.43. The Morgan fingerprint density at radius 1 is 1.50 bits per heavy atom. The van der Waals surface area contributed by atoms with Gasteiger partial charge < -0.3 is 10.1 Å². The lowest BCUT2D eigenvalue weighted by Crippen LogP contribution is -2.17. The van der Waals surface area contributed by atoms with Crippen LogP contribution in [0.25, 0.3) is 0 Å². The molecule has 7 heteroatoms. The molecule has 20 heavy (non-hydrogen) atoms. The van der Waals surface area contributed by atoms with Crippen molar-refractivity contribution in [2.75, 3.05) is 12.4 Å². The van der Waals surface area contributed by atoms with E-state index in [9.17, 15) is 4.79 Å². The molecule has 0 bridgehead atoms. The molecule has 1 aliphatic heterocycles. The van der Waals surface area contributed by atoms with E-state index in [0.717, 1.165) is 28.6 Å². The van der Waals surface area contributed by atoms with Gasteiger partial charge in [-0.2, -0.15) is 16.9 Å². The third-order valence-corrected chi connectivity index (χ3v) is 4.12. The molecule has 3 rings (SSSR count). The minimum atomic E-state index is -0.258. The maximum absolute atomic E-state index is 12.3. The molecule has 2 aromatic heterocycles. The molecule has 1 aliphatic rings. The van der Waals surface area contributed by atoms with E-state index >= 15 is 0 Å². The van der Waals surface area contributed by atoms with Crippen LogP contribution in [-0.2, 0) is 18.6 Å². The van der Waals surface area contributed by atoms with Crippen LogP contribution in [0.2, 0.25) is 0 Å². The van der Waals surface area contributed by atoms with Crippen molar-refractivity contribution < 1.29 is 9.53 Å². The number of aryl methyl sites for hydroxylation is 1. The Balaban J connectivity index is 1.86. The average molecular weight is 290 g/mol. The normalized spacial score (nSPS) is 13.1. The minimum Gasteiger partial charge on any atom is -0.497 e. The van der Waals surface area contributed by atoms with Crippen molar-refractivity contribution in [3.05, 3.63) is 35.3 Å². The first-order valence-corrected chi connectivity index (χ1v) is 7.28. The van der Waals surface area contributed by atoms with Crippen molar-refractivity contribution in [3.8, 4) is 5.75 Å². The minimum absolute atomic E-state index is 0.258. The fraction of sp³-hybridized carbons (Fsp3) is 0.308. The van der Waals surface area contributed by atoms with Gasteiger partial charge in [0.1, 0.15) is 17.3 Å². The monoisotopic (exact) mass is 290 g/mol. The highest BCUT2D eigenvalue weighted by atomic mass is 32.2. The summed E-state index contributed by atoms with van der Waals surface area (Å²) in [4.78, 5) is 16.3. The van der Waals surface area contributed by atoms with Crippen molar-refractivity contribution in [2.45, 2.75) is 11.5 Å². The first-order valence-electron chi connectivity index (χ1n) is 6.13. The Morgan fingerprint density at radius 3 is 3.15 bits per heavy atom. The maximum atomic E-state index is 12.3. The number of hydrogen-bond donors (Lipinski definition) is 1. The molecule has 0 saturated heterocycles. The highest BCUT2D eigenvalue weighted by Gasteiger charge is 2.23. The van der Waals surface area contributed by atoms with Gasteiger partial charge in [0.25, 0.3) is 5.91 Å². The lowest BCUT2D eigenvalue weighted by atomic mass is 10.2. The SMILES string of the molecule is COc1ccnc(C(=O)Nc2c3c(nn2C)CSC3)c1.